The standard InChI is InChI=1S/C17H23FN4O2/c1-17(2,3)24-16(23)22-9-11-5-4-10(8-13(11)18)12-6-7-21-15(20)14(12)19/h4-8,12,14H,9,19H2,1-3H3,(H2,20,21)(H,22,23). The molecule has 2 atom stereocenters. The third-order valence-electron chi connectivity index (χ3n) is 3.53. The molecule has 0 saturated carbocycles. The lowest BCUT2D eigenvalue weighted by Gasteiger charge is -2.23. The fourth-order valence-corrected chi connectivity index (χ4v) is 2.33. The van der Waals surface area contributed by atoms with Crippen molar-refractivity contribution < 1.29 is 13.9 Å². The van der Waals surface area contributed by atoms with Crippen LogP contribution in [0.4, 0.5) is 9.18 Å². The number of halogens is 1. The number of nitrogens with two attached hydrogens (primary N) is 2. The number of hydrogen-bond acceptors (Lipinski definition) is 5. The Labute approximate surface area is 140 Å². The molecular formula is C17H23FN4O2. The van der Waals surface area contributed by atoms with Gasteiger partial charge >= 0.3 is 6.09 Å². The van der Waals surface area contributed by atoms with Crippen molar-refractivity contribution in [3.05, 3.63) is 47.4 Å². The first kappa shape index (κ1) is 17.9. The molecule has 0 saturated heterocycles. The minimum Gasteiger partial charge on any atom is -0.444 e. The lowest BCUT2D eigenvalue weighted by atomic mass is 9.89. The van der Waals surface area contributed by atoms with Crippen LogP contribution in [0.5, 0.6) is 0 Å². The van der Waals surface area contributed by atoms with Crippen molar-refractivity contribution in [3.8, 4) is 0 Å². The van der Waals surface area contributed by atoms with E-state index in [-0.39, 0.29) is 12.5 Å². The summed E-state index contributed by atoms with van der Waals surface area (Å²) >= 11 is 0. The van der Waals surface area contributed by atoms with Crippen LogP contribution in [0.3, 0.4) is 0 Å². The van der Waals surface area contributed by atoms with Crippen molar-refractivity contribution in [1.82, 2.24) is 5.32 Å². The summed E-state index contributed by atoms with van der Waals surface area (Å²) in [5, 5.41) is 2.53. The van der Waals surface area contributed by atoms with Gasteiger partial charge in [0.15, 0.2) is 0 Å². The number of hydrogen-bond donors (Lipinski definition) is 3. The smallest absolute Gasteiger partial charge is 0.407 e. The van der Waals surface area contributed by atoms with Crippen LogP contribution in [0, 0.1) is 5.82 Å². The summed E-state index contributed by atoms with van der Waals surface area (Å²) in [5.74, 6) is -0.339. The van der Waals surface area contributed by atoms with E-state index in [1.807, 2.05) is 0 Å². The number of carbonyl (C=O) groups is 1. The average molecular weight is 334 g/mol. The zero-order valence-corrected chi connectivity index (χ0v) is 14.0. The van der Waals surface area contributed by atoms with E-state index < -0.39 is 23.6 Å². The second kappa shape index (κ2) is 7.00. The van der Waals surface area contributed by atoms with Crippen LogP contribution >= 0.6 is 0 Å². The number of amidine groups is 1. The topological polar surface area (TPSA) is 103 Å². The van der Waals surface area contributed by atoms with E-state index in [0.29, 0.717) is 17.0 Å². The van der Waals surface area contributed by atoms with Gasteiger partial charge in [-0.2, -0.15) is 0 Å². The normalized spacial score (nSPS) is 20.5. The van der Waals surface area contributed by atoms with Gasteiger partial charge < -0.3 is 21.5 Å². The molecule has 0 aliphatic carbocycles. The number of aliphatic imine (C=N–C) groups is 1. The van der Waals surface area contributed by atoms with Gasteiger partial charge in [0.05, 0.1) is 6.04 Å². The maximum atomic E-state index is 14.3. The van der Waals surface area contributed by atoms with E-state index in [2.05, 4.69) is 10.3 Å². The van der Waals surface area contributed by atoms with E-state index in [0.717, 1.165) is 0 Å². The quantitative estimate of drug-likeness (QED) is 0.788. The van der Waals surface area contributed by atoms with Crippen LogP contribution in [-0.4, -0.2) is 23.6 Å². The van der Waals surface area contributed by atoms with Gasteiger partial charge in [0.2, 0.25) is 0 Å². The molecule has 1 aromatic rings. The molecule has 1 aliphatic rings. The number of alkyl carbamates (subject to hydrolysis) is 1. The molecule has 1 heterocycles. The number of benzene rings is 1. The monoisotopic (exact) mass is 334 g/mol. The molecule has 5 N–H and O–H groups in total. The number of rotatable bonds is 3. The van der Waals surface area contributed by atoms with Crippen LogP contribution in [0.1, 0.15) is 37.8 Å². The molecule has 0 bridgehead atoms. The second-order valence-corrected chi connectivity index (χ2v) is 6.65. The zero-order chi connectivity index (χ0) is 17.9. The minimum atomic E-state index is -0.600. The molecule has 130 valence electrons. The molecule has 1 aliphatic heterocycles. The second-order valence-electron chi connectivity index (χ2n) is 6.65. The molecule has 2 rings (SSSR count). The zero-order valence-electron chi connectivity index (χ0n) is 14.0. The van der Waals surface area contributed by atoms with Crippen molar-refractivity contribution in [2.75, 3.05) is 0 Å². The van der Waals surface area contributed by atoms with Gasteiger partial charge in [-0.05, 0) is 32.4 Å². The lowest BCUT2D eigenvalue weighted by molar-refractivity contribution is 0.0523. The Bertz CT molecular complexity index is 680. The van der Waals surface area contributed by atoms with Crippen LogP contribution in [0.15, 0.2) is 35.5 Å². The molecule has 7 heteroatoms. The van der Waals surface area contributed by atoms with Crippen LogP contribution in [-0.2, 0) is 11.3 Å². The largest absolute Gasteiger partial charge is 0.444 e. The van der Waals surface area contributed by atoms with Crippen molar-refractivity contribution in [1.29, 1.82) is 0 Å². The highest BCUT2D eigenvalue weighted by Gasteiger charge is 2.24. The van der Waals surface area contributed by atoms with E-state index in [1.54, 1.807) is 45.2 Å². The van der Waals surface area contributed by atoms with Gasteiger partial charge in [-0.25, -0.2) is 14.2 Å². The number of ether oxygens (including phenoxy) is 1. The van der Waals surface area contributed by atoms with Crippen LogP contribution in [0.2, 0.25) is 0 Å². The Balaban J connectivity index is 2.04. The number of nitrogens with one attached hydrogen (secondary N) is 1. The molecule has 0 fully saturated rings. The van der Waals surface area contributed by atoms with Gasteiger partial charge in [0.25, 0.3) is 0 Å². The maximum absolute atomic E-state index is 14.3. The third kappa shape index (κ3) is 4.55. The molecule has 0 aromatic heterocycles. The van der Waals surface area contributed by atoms with Gasteiger partial charge in [0.1, 0.15) is 17.3 Å². The van der Waals surface area contributed by atoms with E-state index in [1.165, 1.54) is 6.07 Å². The van der Waals surface area contributed by atoms with E-state index in [9.17, 15) is 9.18 Å². The van der Waals surface area contributed by atoms with Crippen LogP contribution in [0.25, 0.3) is 0 Å². The molecule has 1 aromatic carbocycles. The summed E-state index contributed by atoms with van der Waals surface area (Å²) < 4.78 is 19.4. The van der Waals surface area contributed by atoms with E-state index >= 15 is 0 Å². The summed E-state index contributed by atoms with van der Waals surface area (Å²) in [6.45, 7) is 5.32. The average Bonchev–Trinajstić information content (AvgIpc) is 2.47. The van der Waals surface area contributed by atoms with Gasteiger partial charge in [-0.1, -0.05) is 18.2 Å². The van der Waals surface area contributed by atoms with Gasteiger partial charge in [-0.3, -0.25) is 0 Å². The van der Waals surface area contributed by atoms with Crippen molar-refractivity contribution in [2.24, 2.45) is 16.5 Å². The molecule has 0 spiro atoms. The Hall–Kier alpha value is -2.41. The number of amides is 1. The summed E-state index contributed by atoms with van der Waals surface area (Å²) in [5.41, 5.74) is 12.2. The Morgan fingerprint density at radius 2 is 2.12 bits per heavy atom. The van der Waals surface area contributed by atoms with Crippen LogP contribution < -0.4 is 16.8 Å². The molecule has 24 heavy (non-hydrogen) atoms. The molecule has 6 nitrogen and oxygen atoms in total. The minimum absolute atomic E-state index is 0.0389. The lowest BCUT2D eigenvalue weighted by Crippen LogP contribution is -2.42. The molecular weight excluding hydrogens is 311 g/mol. The summed E-state index contributed by atoms with van der Waals surface area (Å²) in [6.07, 6.45) is 2.76. The fourth-order valence-electron chi connectivity index (χ4n) is 2.33. The number of nitrogens with zero attached hydrogens (tertiary/aromatic N) is 1. The first-order chi connectivity index (χ1) is 11.2. The fraction of sp³-hybridized carbons (Fsp3) is 0.412. The SMILES string of the molecule is CC(C)(C)OC(=O)NCc1ccc(C2C=CN=C(N)C2N)cc1F. The highest BCUT2D eigenvalue weighted by atomic mass is 19.1. The first-order valence-corrected chi connectivity index (χ1v) is 7.68. The Morgan fingerprint density at radius 1 is 1.42 bits per heavy atom. The summed E-state index contributed by atoms with van der Waals surface area (Å²) in [6, 6.07) is 4.30. The Kier molecular flexibility index (Phi) is 5.23. The van der Waals surface area contributed by atoms with Crippen molar-refractivity contribution in [2.45, 2.75) is 44.9 Å². The first-order valence-electron chi connectivity index (χ1n) is 7.68. The molecule has 1 amide bonds. The summed E-state index contributed by atoms with van der Waals surface area (Å²) in [4.78, 5) is 15.6. The third-order valence-corrected chi connectivity index (χ3v) is 3.53. The molecule has 2 unspecified atom stereocenters. The van der Waals surface area contributed by atoms with E-state index in [4.69, 9.17) is 16.2 Å². The predicted molar refractivity (Wildman–Crippen MR) is 91.0 cm³/mol. The van der Waals surface area contributed by atoms with Crippen molar-refractivity contribution >= 4 is 11.9 Å². The maximum Gasteiger partial charge on any atom is 0.407 e. The van der Waals surface area contributed by atoms with Crippen molar-refractivity contribution in [3.63, 3.8) is 0 Å². The Morgan fingerprint density at radius 3 is 2.75 bits per heavy atom. The highest BCUT2D eigenvalue weighted by molar-refractivity contribution is 5.88. The summed E-state index contributed by atoms with van der Waals surface area (Å²) in [7, 11) is 0. The van der Waals surface area contributed by atoms with Gasteiger partial charge in [0, 0.05) is 24.2 Å². The molecule has 0 radical (unpaired) electrons. The number of carbonyl (C=O) groups excluding carboxylic acids is 1. The van der Waals surface area contributed by atoms with Gasteiger partial charge in [-0.15, -0.1) is 0 Å². The highest BCUT2D eigenvalue weighted by Crippen LogP contribution is 2.25. The predicted octanol–water partition coefficient (Wildman–Crippen LogP) is 2.15.